The van der Waals surface area contributed by atoms with Crippen molar-refractivity contribution in [1.29, 1.82) is 0 Å². The molecule has 9 nitrogen and oxygen atoms in total. The number of furan rings is 1. The van der Waals surface area contributed by atoms with Gasteiger partial charge in [-0.2, -0.15) is 5.10 Å². The Morgan fingerprint density at radius 3 is 2.57 bits per heavy atom. The monoisotopic (exact) mass is 389 g/mol. The molecule has 2 aromatic heterocycles. The van der Waals surface area contributed by atoms with E-state index in [-0.39, 0.29) is 18.9 Å². The van der Waals surface area contributed by atoms with Gasteiger partial charge in [0.2, 0.25) is 5.91 Å². The van der Waals surface area contributed by atoms with E-state index < -0.39 is 11.8 Å². The maximum Gasteiger partial charge on any atom is 0.327 e. The molecule has 0 saturated carbocycles. The van der Waals surface area contributed by atoms with E-state index in [1.165, 1.54) is 6.26 Å². The minimum atomic E-state index is -0.947. The first-order valence-electron chi connectivity index (χ1n) is 9.20. The Kier molecular flexibility index (Phi) is 7.36. The number of nitrogens with one attached hydrogen (secondary N) is 3. The van der Waals surface area contributed by atoms with Crippen molar-refractivity contribution in [1.82, 2.24) is 25.9 Å². The van der Waals surface area contributed by atoms with Gasteiger partial charge < -0.3 is 9.73 Å². The van der Waals surface area contributed by atoms with Gasteiger partial charge in [-0.3, -0.25) is 29.9 Å². The van der Waals surface area contributed by atoms with E-state index in [0.717, 1.165) is 23.5 Å². The van der Waals surface area contributed by atoms with Crippen molar-refractivity contribution in [2.24, 2.45) is 5.92 Å². The smallest absolute Gasteiger partial charge is 0.327 e. The molecule has 2 aromatic rings. The van der Waals surface area contributed by atoms with Crippen LogP contribution in [0.25, 0.3) is 0 Å². The molecule has 9 heteroatoms. The zero-order valence-electron chi connectivity index (χ0n) is 16.7. The van der Waals surface area contributed by atoms with Crippen molar-refractivity contribution in [3.05, 3.63) is 41.1 Å². The number of aromatic nitrogens is 2. The van der Waals surface area contributed by atoms with Gasteiger partial charge in [-0.25, -0.2) is 0 Å². The van der Waals surface area contributed by atoms with E-state index in [9.17, 15) is 14.4 Å². The molecule has 0 radical (unpaired) electrons. The summed E-state index contributed by atoms with van der Waals surface area (Å²) in [5.41, 5.74) is 7.33. The predicted octanol–water partition coefficient (Wildman–Crippen LogP) is 1.15. The lowest BCUT2D eigenvalue weighted by Gasteiger charge is -2.09. The Labute approximate surface area is 163 Å². The highest BCUT2D eigenvalue weighted by molar-refractivity contribution is 6.35. The molecule has 152 valence electrons. The van der Waals surface area contributed by atoms with Gasteiger partial charge in [-0.15, -0.1) is 0 Å². The fraction of sp³-hybridized carbons (Fsp3) is 0.474. The topological polar surface area (TPSA) is 118 Å². The van der Waals surface area contributed by atoms with Crippen molar-refractivity contribution < 1.29 is 18.8 Å². The molecule has 3 N–H and O–H groups in total. The molecule has 2 heterocycles. The fourth-order valence-corrected chi connectivity index (χ4v) is 2.76. The van der Waals surface area contributed by atoms with Crippen LogP contribution in [0.15, 0.2) is 22.8 Å². The maximum atomic E-state index is 12.0. The zero-order valence-corrected chi connectivity index (χ0v) is 16.7. The highest BCUT2D eigenvalue weighted by atomic mass is 16.3. The van der Waals surface area contributed by atoms with E-state index in [2.05, 4.69) is 35.1 Å². The number of carbonyl (C=O) groups excluding carboxylic acids is 3. The van der Waals surface area contributed by atoms with Crippen LogP contribution in [0.3, 0.4) is 0 Å². The average molecular weight is 389 g/mol. The van der Waals surface area contributed by atoms with Crippen LogP contribution in [0, 0.1) is 19.8 Å². The van der Waals surface area contributed by atoms with Crippen LogP contribution >= 0.6 is 0 Å². The molecule has 0 aliphatic rings. The Balaban J connectivity index is 1.76. The molecule has 3 amide bonds. The molecule has 0 bridgehead atoms. The Bertz CT molecular complexity index is 824. The third kappa shape index (κ3) is 5.97. The first kappa shape index (κ1) is 21.2. The van der Waals surface area contributed by atoms with Crippen molar-refractivity contribution in [3.63, 3.8) is 0 Å². The molecular formula is C19H27N5O4. The van der Waals surface area contributed by atoms with E-state index in [1.807, 2.05) is 18.5 Å². The molecule has 0 atom stereocenters. The van der Waals surface area contributed by atoms with Crippen molar-refractivity contribution in [2.45, 2.75) is 53.6 Å². The van der Waals surface area contributed by atoms with E-state index in [1.54, 1.807) is 12.1 Å². The highest BCUT2D eigenvalue weighted by Crippen LogP contribution is 2.16. The number of hydrazine groups is 1. The number of aryl methyl sites for hydroxylation is 1. The second kappa shape index (κ2) is 9.72. The molecule has 0 unspecified atom stereocenters. The Morgan fingerprint density at radius 2 is 1.93 bits per heavy atom. The molecule has 0 aromatic carbocycles. The average Bonchev–Trinajstić information content (AvgIpc) is 3.24. The Hall–Kier alpha value is -3.10. The lowest BCUT2D eigenvalue weighted by Crippen LogP contribution is -2.48. The van der Waals surface area contributed by atoms with Crippen LogP contribution in [0.1, 0.15) is 43.0 Å². The largest absolute Gasteiger partial charge is 0.467 e. The first-order valence-corrected chi connectivity index (χ1v) is 9.20. The van der Waals surface area contributed by atoms with Gasteiger partial charge >= 0.3 is 11.8 Å². The van der Waals surface area contributed by atoms with Crippen LogP contribution in [0.5, 0.6) is 0 Å². The zero-order chi connectivity index (χ0) is 20.7. The molecule has 0 aliphatic heterocycles. The van der Waals surface area contributed by atoms with E-state index in [4.69, 9.17) is 4.42 Å². The summed E-state index contributed by atoms with van der Waals surface area (Å²) in [4.78, 5) is 35.4. The minimum Gasteiger partial charge on any atom is -0.467 e. The normalized spacial score (nSPS) is 10.8. The number of nitrogens with zero attached hydrogens (tertiary/aromatic N) is 2. The van der Waals surface area contributed by atoms with Crippen LogP contribution < -0.4 is 16.2 Å². The summed E-state index contributed by atoms with van der Waals surface area (Å²) in [5.74, 6) is -1.20. The third-order valence-corrected chi connectivity index (χ3v) is 4.20. The lowest BCUT2D eigenvalue weighted by molar-refractivity contribution is -0.141. The van der Waals surface area contributed by atoms with Crippen molar-refractivity contribution in [3.8, 4) is 0 Å². The predicted molar refractivity (Wildman–Crippen MR) is 102 cm³/mol. The lowest BCUT2D eigenvalue weighted by atomic mass is 10.1. The summed E-state index contributed by atoms with van der Waals surface area (Å²) in [7, 11) is 0. The summed E-state index contributed by atoms with van der Waals surface area (Å²) in [6, 6.07) is 3.35. The van der Waals surface area contributed by atoms with Crippen molar-refractivity contribution >= 4 is 17.7 Å². The number of carbonyl (C=O) groups is 3. The summed E-state index contributed by atoms with van der Waals surface area (Å²) >= 11 is 0. The number of hydrogen-bond acceptors (Lipinski definition) is 5. The second-order valence-corrected chi connectivity index (χ2v) is 6.99. The minimum absolute atomic E-state index is 0.0894. The van der Waals surface area contributed by atoms with Gasteiger partial charge in [-0.1, -0.05) is 13.8 Å². The second-order valence-electron chi connectivity index (χ2n) is 6.99. The number of amides is 3. The Morgan fingerprint density at radius 1 is 1.18 bits per heavy atom. The van der Waals surface area contributed by atoms with Gasteiger partial charge in [0.25, 0.3) is 0 Å². The molecule has 0 fully saturated rings. The van der Waals surface area contributed by atoms with Gasteiger partial charge in [0, 0.05) is 18.7 Å². The van der Waals surface area contributed by atoms with Gasteiger partial charge in [0.15, 0.2) is 0 Å². The summed E-state index contributed by atoms with van der Waals surface area (Å²) in [6.07, 6.45) is 2.14. The SMILES string of the molecule is Cc1nn(CC(C)C)c(C)c1CCC(=O)NNC(=O)C(=O)NCc1ccco1. The van der Waals surface area contributed by atoms with Gasteiger partial charge in [-0.05, 0) is 43.9 Å². The van der Waals surface area contributed by atoms with E-state index >= 15 is 0 Å². The van der Waals surface area contributed by atoms with Gasteiger partial charge in [0.05, 0.1) is 18.5 Å². The number of hydrogen-bond donors (Lipinski definition) is 3. The van der Waals surface area contributed by atoms with Crippen LogP contribution in [-0.4, -0.2) is 27.5 Å². The first-order chi connectivity index (χ1) is 13.3. The molecule has 28 heavy (non-hydrogen) atoms. The summed E-state index contributed by atoms with van der Waals surface area (Å²) < 4.78 is 7.01. The summed E-state index contributed by atoms with van der Waals surface area (Å²) in [5, 5.41) is 6.91. The third-order valence-electron chi connectivity index (χ3n) is 4.20. The maximum absolute atomic E-state index is 12.0. The van der Waals surface area contributed by atoms with Crippen LogP contribution in [0.2, 0.25) is 0 Å². The quantitative estimate of drug-likeness (QED) is 0.485. The fourth-order valence-electron chi connectivity index (χ4n) is 2.76. The molecular weight excluding hydrogens is 362 g/mol. The number of rotatable bonds is 7. The highest BCUT2D eigenvalue weighted by Gasteiger charge is 2.16. The molecule has 0 aliphatic carbocycles. The summed E-state index contributed by atoms with van der Waals surface area (Å²) in [6.45, 7) is 9.06. The van der Waals surface area contributed by atoms with Crippen LogP contribution in [-0.2, 0) is 33.9 Å². The molecule has 0 spiro atoms. The van der Waals surface area contributed by atoms with Crippen LogP contribution in [0.4, 0.5) is 0 Å². The standard InChI is InChI=1S/C19H27N5O4/c1-12(2)11-24-14(4)16(13(3)23-24)7-8-17(25)21-22-19(27)18(26)20-10-15-6-5-9-28-15/h5-6,9,12H,7-8,10-11H2,1-4H3,(H,20,26)(H,21,25)(H,22,27). The molecule has 2 rings (SSSR count). The molecule has 0 saturated heterocycles. The van der Waals surface area contributed by atoms with E-state index in [0.29, 0.717) is 18.1 Å². The van der Waals surface area contributed by atoms with Gasteiger partial charge in [0.1, 0.15) is 5.76 Å². The van der Waals surface area contributed by atoms with Crippen molar-refractivity contribution in [2.75, 3.05) is 0 Å².